The number of rotatable bonds is 8. The van der Waals surface area contributed by atoms with Crippen LogP contribution in [0.2, 0.25) is 5.02 Å². The lowest BCUT2D eigenvalue weighted by atomic mass is 10.0. The van der Waals surface area contributed by atoms with Gasteiger partial charge in [0.1, 0.15) is 6.04 Å². The molecule has 8 heteroatoms. The van der Waals surface area contributed by atoms with Gasteiger partial charge < -0.3 is 19.5 Å². The van der Waals surface area contributed by atoms with Crippen LogP contribution in [-0.2, 0) is 27.9 Å². The van der Waals surface area contributed by atoms with Crippen molar-refractivity contribution in [2.24, 2.45) is 7.05 Å². The highest BCUT2D eigenvalue weighted by Gasteiger charge is 2.38. The van der Waals surface area contributed by atoms with Gasteiger partial charge in [0, 0.05) is 54.8 Å². The Balaban J connectivity index is 1.76. The molecule has 2 heterocycles. The molecule has 1 aliphatic heterocycles. The average molecular weight is 486 g/mol. The maximum absolute atomic E-state index is 13.6. The molecule has 33 heavy (non-hydrogen) atoms. The first-order chi connectivity index (χ1) is 16.0. The van der Waals surface area contributed by atoms with Gasteiger partial charge in [-0.05, 0) is 31.0 Å². The van der Waals surface area contributed by atoms with E-state index in [9.17, 15) is 9.59 Å². The molecule has 174 valence electrons. The van der Waals surface area contributed by atoms with Crippen LogP contribution >= 0.6 is 23.4 Å². The van der Waals surface area contributed by atoms with E-state index >= 15 is 0 Å². The van der Waals surface area contributed by atoms with Crippen molar-refractivity contribution in [3.63, 3.8) is 0 Å². The van der Waals surface area contributed by atoms with Crippen molar-refractivity contribution in [3.8, 4) is 0 Å². The number of amides is 2. The van der Waals surface area contributed by atoms with Crippen molar-refractivity contribution in [2.75, 3.05) is 25.5 Å². The molecule has 1 aliphatic rings. The maximum Gasteiger partial charge on any atom is 0.247 e. The highest BCUT2D eigenvalue weighted by molar-refractivity contribution is 8.00. The Morgan fingerprint density at radius 1 is 1.21 bits per heavy atom. The maximum atomic E-state index is 13.6. The van der Waals surface area contributed by atoms with Crippen LogP contribution in [-0.4, -0.2) is 46.8 Å². The number of fused-ring (bicyclic) bond motifs is 3. The number of nitrogens with zero attached hydrogens (tertiary/aromatic N) is 2. The summed E-state index contributed by atoms with van der Waals surface area (Å²) in [7, 11) is 1.99. The minimum Gasteiger partial charge on any atom is -0.382 e. The Labute approximate surface area is 203 Å². The molecule has 2 amide bonds. The van der Waals surface area contributed by atoms with Crippen LogP contribution in [0.15, 0.2) is 53.6 Å². The van der Waals surface area contributed by atoms with E-state index in [4.69, 9.17) is 16.3 Å². The summed E-state index contributed by atoms with van der Waals surface area (Å²) >= 11 is 7.91. The summed E-state index contributed by atoms with van der Waals surface area (Å²) in [6.07, 6.45) is 0.710. The summed E-state index contributed by atoms with van der Waals surface area (Å²) in [6, 6.07) is 14.7. The second kappa shape index (κ2) is 10.6. The summed E-state index contributed by atoms with van der Waals surface area (Å²) in [5.74, 6) is -0.0166. The van der Waals surface area contributed by atoms with E-state index < -0.39 is 6.04 Å². The molecule has 2 aromatic carbocycles. The van der Waals surface area contributed by atoms with E-state index in [1.54, 1.807) is 11.0 Å². The van der Waals surface area contributed by atoms with Crippen molar-refractivity contribution in [3.05, 3.63) is 64.7 Å². The van der Waals surface area contributed by atoms with Crippen LogP contribution in [0.5, 0.6) is 0 Å². The molecular formula is C25H28ClN3O3S. The molecule has 1 aromatic heterocycles. The second-order valence-corrected chi connectivity index (χ2v) is 9.31. The van der Waals surface area contributed by atoms with Gasteiger partial charge in [0.25, 0.3) is 0 Å². The van der Waals surface area contributed by atoms with Gasteiger partial charge in [0.2, 0.25) is 11.8 Å². The molecule has 3 aromatic rings. The van der Waals surface area contributed by atoms with E-state index in [1.807, 2.05) is 56.4 Å². The molecule has 0 saturated heterocycles. The first-order valence-corrected chi connectivity index (χ1v) is 12.5. The molecule has 0 radical (unpaired) electrons. The first-order valence-electron chi connectivity index (χ1n) is 11.1. The molecule has 0 aliphatic carbocycles. The highest BCUT2D eigenvalue weighted by atomic mass is 35.5. The van der Waals surface area contributed by atoms with Crippen molar-refractivity contribution >= 4 is 46.1 Å². The normalized spacial score (nSPS) is 16.0. The topological polar surface area (TPSA) is 63.6 Å². The Kier molecular flexibility index (Phi) is 7.63. The van der Waals surface area contributed by atoms with Gasteiger partial charge in [0.05, 0.1) is 10.8 Å². The molecule has 1 atom stereocenters. The quantitative estimate of drug-likeness (QED) is 0.475. The predicted octanol–water partition coefficient (Wildman–Crippen LogP) is 4.55. The van der Waals surface area contributed by atoms with Crippen molar-refractivity contribution in [1.29, 1.82) is 0 Å². The number of aromatic nitrogens is 1. The summed E-state index contributed by atoms with van der Waals surface area (Å²) in [6.45, 7) is 3.92. The third kappa shape index (κ3) is 4.90. The zero-order chi connectivity index (χ0) is 23.4. The van der Waals surface area contributed by atoms with Crippen molar-refractivity contribution in [2.45, 2.75) is 31.0 Å². The van der Waals surface area contributed by atoms with Crippen LogP contribution in [0.4, 0.5) is 0 Å². The minimum atomic E-state index is -0.753. The number of benzene rings is 2. The lowest BCUT2D eigenvalue weighted by Gasteiger charge is -2.30. The third-order valence-electron chi connectivity index (χ3n) is 5.84. The van der Waals surface area contributed by atoms with E-state index in [0.717, 1.165) is 27.1 Å². The molecule has 0 unspecified atom stereocenters. The fraction of sp³-hybridized carbons (Fsp3) is 0.360. The van der Waals surface area contributed by atoms with E-state index in [-0.39, 0.29) is 24.1 Å². The van der Waals surface area contributed by atoms with Crippen LogP contribution < -0.4 is 5.32 Å². The molecule has 6 nitrogen and oxygen atoms in total. The van der Waals surface area contributed by atoms with E-state index in [1.165, 1.54) is 11.8 Å². The number of thioether (sulfide) groups is 1. The number of carbonyl (C=O) groups is 2. The number of hydrogen-bond donors (Lipinski definition) is 1. The Morgan fingerprint density at radius 2 is 1.97 bits per heavy atom. The summed E-state index contributed by atoms with van der Waals surface area (Å²) in [5, 5.41) is 5.55. The lowest BCUT2D eigenvalue weighted by molar-refractivity contribution is -0.139. The molecular weight excluding hydrogens is 458 g/mol. The van der Waals surface area contributed by atoms with Gasteiger partial charge >= 0.3 is 0 Å². The number of carbonyl (C=O) groups excluding carboxylic acids is 2. The molecule has 0 fully saturated rings. The standard InChI is InChI=1S/C25H28ClN3O3S/c1-3-32-14-8-13-27-24(31)23-22-18-10-5-7-12-20(18)28(2)25(22)33-16-21(30)29(23)15-17-9-4-6-11-19(17)26/h4-7,9-12,23H,3,8,13-16H2,1-2H3,(H,27,31)/t23-/m0/s1. The summed E-state index contributed by atoms with van der Waals surface area (Å²) in [4.78, 5) is 28.6. The fourth-order valence-electron chi connectivity index (χ4n) is 4.24. The monoisotopic (exact) mass is 485 g/mol. The number of hydrogen-bond acceptors (Lipinski definition) is 4. The van der Waals surface area contributed by atoms with E-state index in [0.29, 0.717) is 31.2 Å². The molecule has 4 rings (SSSR count). The SMILES string of the molecule is CCOCCCNC(=O)[C@@H]1c2c(n(C)c3ccccc23)SCC(=O)N1Cc1ccccc1Cl. The molecule has 1 N–H and O–H groups in total. The first kappa shape index (κ1) is 23.7. The predicted molar refractivity (Wildman–Crippen MR) is 133 cm³/mol. The number of ether oxygens (including phenoxy) is 1. The van der Waals surface area contributed by atoms with Crippen LogP contribution in [0, 0.1) is 0 Å². The summed E-state index contributed by atoms with van der Waals surface area (Å²) < 4.78 is 7.47. The average Bonchev–Trinajstić information content (AvgIpc) is 3.00. The molecule has 0 saturated carbocycles. The van der Waals surface area contributed by atoms with Crippen molar-refractivity contribution < 1.29 is 14.3 Å². The van der Waals surface area contributed by atoms with Crippen LogP contribution in [0.1, 0.15) is 30.5 Å². The number of para-hydroxylation sites is 1. The zero-order valence-corrected chi connectivity index (χ0v) is 20.4. The van der Waals surface area contributed by atoms with Gasteiger partial charge in [-0.25, -0.2) is 0 Å². The fourth-order valence-corrected chi connectivity index (χ4v) is 5.53. The second-order valence-electron chi connectivity index (χ2n) is 7.94. The smallest absolute Gasteiger partial charge is 0.247 e. The number of nitrogens with one attached hydrogen (secondary N) is 1. The van der Waals surface area contributed by atoms with E-state index in [2.05, 4.69) is 9.88 Å². The highest BCUT2D eigenvalue weighted by Crippen LogP contribution is 2.42. The van der Waals surface area contributed by atoms with Crippen LogP contribution in [0.3, 0.4) is 0 Å². The Bertz CT molecular complexity index is 1160. The summed E-state index contributed by atoms with van der Waals surface area (Å²) in [5.41, 5.74) is 2.73. The van der Waals surface area contributed by atoms with Crippen molar-refractivity contribution in [1.82, 2.24) is 14.8 Å². The number of halogens is 1. The number of aryl methyl sites for hydroxylation is 1. The zero-order valence-electron chi connectivity index (χ0n) is 18.8. The van der Waals surface area contributed by atoms with Gasteiger partial charge in [-0.15, -0.1) is 0 Å². The molecule has 0 spiro atoms. The van der Waals surface area contributed by atoms with Gasteiger partial charge in [-0.2, -0.15) is 0 Å². The van der Waals surface area contributed by atoms with Crippen LogP contribution in [0.25, 0.3) is 10.9 Å². The van der Waals surface area contributed by atoms with Gasteiger partial charge in [-0.3, -0.25) is 9.59 Å². The third-order valence-corrected chi connectivity index (χ3v) is 7.37. The largest absolute Gasteiger partial charge is 0.382 e. The Hall–Kier alpha value is -2.48. The van der Waals surface area contributed by atoms with Gasteiger partial charge in [0.15, 0.2) is 0 Å². The lowest BCUT2D eigenvalue weighted by Crippen LogP contribution is -2.43. The minimum absolute atomic E-state index is 0.0883. The Morgan fingerprint density at radius 3 is 2.76 bits per heavy atom. The van der Waals surface area contributed by atoms with Gasteiger partial charge in [-0.1, -0.05) is 59.8 Å². The molecule has 0 bridgehead atoms.